The van der Waals surface area contributed by atoms with Crippen LogP contribution in [0.15, 0.2) is 59.6 Å². The summed E-state index contributed by atoms with van der Waals surface area (Å²) in [6, 6.07) is 19.1. The van der Waals surface area contributed by atoms with E-state index in [1.807, 2.05) is 13.1 Å². The molecule has 1 aliphatic heterocycles. The molecule has 0 bridgehead atoms. The monoisotopic (exact) mass is 535 g/mol. The second kappa shape index (κ2) is 11.7. The minimum Gasteiger partial charge on any atom is -0.493 e. The van der Waals surface area contributed by atoms with Crippen molar-refractivity contribution in [1.29, 1.82) is 0 Å². The maximum absolute atomic E-state index is 6.04. The lowest BCUT2D eigenvalue weighted by atomic mass is 9.74. The Bertz CT molecular complexity index is 834. The summed E-state index contributed by atoms with van der Waals surface area (Å²) in [6.45, 7) is 3.94. The van der Waals surface area contributed by atoms with Crippen LogP contribution < -0.4 is 15.4 Å². The molecule has 31 heavy (non-hydrogen) atoms. The lowest BCUT2D eigenvalue weighted by Gasteiger charge is -2.38. The highest BCUT2D eigenvalue weighted by molar-refractivity contribution is 14.0. The predicted octanol–water partition coefficient (Wildman–Crippen LogP) is 4.51. The number of aliphatic imine (C=N–C) groups is 1. The van der Waals surface area contributed by atoms with Crippen LogP contribution in [0.25, 0.3) is 0 Å². The highest BCUT2D eigenvalue weighted by Crippen LogP contribution is 2.34. The van der Waals surface area contributed by atoms with Gasteiger partial charge in [0.15, 0.2) is 5.96 Å². The molecular formula is C25H34IN3O2. The molecule has 2 aliphatic rings. The maximum Gasteiger partial charge on any atom is 0.191 e. The van der Waals surface area contributed by atoms with Gasteiger partial charge in [0.2, 0.25) is 0 Å². The molecule has 1 aliphatic carbocycles. The van der Waals surface area contributed by atoms with Gasteiger partial charge in [0, 0.05) is 44.3 Å². The van der Waals surface area contributed by atoms with Crippen LogP contribution in [0.2, 0.25) is 0 Å². The standard InChI is InChI=1S/C25H33N3O2.HI/c1-26-24(27-17-21-7-5-6-10-23(21)30-18-20-11-12-20)28-19-25(13-15-29-16-14-25)22-8-3-2-4-9-22;/h2-10,20H,11-19H2,1H3,(H2,26,27,28);1H. The predicted molar refractivity (Wildman–Crippen MR) is 136 cm³/mol. The zero-order valence-corrected chi connectivity index (χ0v) is 20.6. The van der Waals surface area contributed by atoms with Crippen molar-refractivity contribution >= 4 is 29.9 Å². The summed E-state index contributed by atoms with van der Waals surface area (Å²) in [5.41, 5.74) is 2.60. The number of halogens is 1. The van der Waals surface area contributed by atoms with E-state index in [0.29, 0.717) is 6.54 Å². The molecule has 1 saturated heterocycles. The molecule has 5 nitrogen and oxygen atoms in total. The normalized spacial score (nSPS) is 18.0. The van der Waals surface area contributed by atoms with E-state index in [4.69, 9.17) is 9.47 Å². The first-order valence-electron chi connectivity index (χ1n) is 11.1. The van der Waals surface area contributed by atoms with Gasteiger partial charge in [0.1, 0.15) is 5.75 Å². The molecule has 1 saturated carbocycles. The Labute approximate surface area is 203 Å². The van der Waals surface area contributed by atoms with Gasteiger partial charge >= 0.3 is 0 Å². The molecular weight excluding hydrogens is 501 g/mol. The second-order valence-corrected chi connectivity index (χ2v) is 8.40. The molecule has 4 rings (SSSR count). The van der Waals surface area contributed by atoms with Gasteiger partial charge in [-0.2, -0.15) is 0 Å². The van der Waals surface area contributed by atoms with Gasteiger partial charge in [-0.15, -0.1) is 24.0 Å². The SMILES string of the molecule is CN=C(NCc1ccccc1OCC1CC1)NCC1(c2ccccc2)CCOCC1.I. The molecule has 0 aromatic heterocycles. The smallest absolute Gasteiger partial charge is 0.191 e. The van der Waals surface area contributed by atoms with Crippen molar-refractivity contribution in [3.63, 3.8) is 0 Å². The van der Waals surface area contributed by atoms with Gasteiger partial charge in [0.25, 0.3) is 0 Å². The van der Waals surface area contributed by atoms with Crippen LogP contribution in [0.5, 0.6) is 5.75 Å². The average Bonchev–Trinajstić information content (AvgIpc) is 3.64. The molecule has 0 radical (unpaired) electrons. The number of hydrogen-bond acceptors (Lipinski definition) is 3. The summed E-state index contributed by atoms with van der Waals surface area (Å²) in [6.07, 6.45) is 4.62. The van der Waals surface area contributed by atoms with E-state index >= 15 is 0 Å². The molecule has 1 heterocycles. The van der Waals surface area contributed by atoms with E-state index in [9.17, 15) is 0 Å². The van der Waals surface area contributed by atoms with E-state index in [0.717, 1.165) is 62.4 Å². The molecule has 0 unspecified atom stereocenters. The van der Waals surface area contributed by atoms with E-state index < -0.39 is 0 Å². The van der Waals surface area contributed by atoms with Gasteiger partial charge in [-0.05, 0) is 43.2 Å². The minimum atomic E-state index is 0. The molecule has 0 atom stereocenters. The van der Waals surface area contributed by atoms with Crippen LogP contribution in [0.4, 0.5) is 0 Å². The Kier molecular flexibility index (Phi) is 9.02. The number of para-hydroxylation sites is 1. The van der Waals surface area contributed by atoms with Crippen LogP contribution in [0, 0.1) is 5.92 Å². The molecule has 2 fully saturated rings. The number of nitrogens with zero attached hydrogens (tertiary/aromatic N) is 1. The minimum absolute atomic E-state index is 0. The molecule has 0 spiro atoms. The first kappa shape index (κ1) is 23.9. The molecule has 0 amide bonds. The first-order valence-corrected chi connectivity index (χ1v) is 11.1. The number of ether oxygens (including phenoxy) is 2. The number of rotatable bonds is 8. The fourth-order valence-corrected chi connectivity index (χ4v) is 4.06. The summed E-state index contributed by atoms with van der Waals surface area (Å²) in [5, 5.41) is 7.04. The number of hydrogen-bond donors (Lipinski definition) is 2. The van der Waals surface area contributed by atoms with Gasteiger partial charge in [0.05, 0.1) is 6.61 Å². The molecule has 2 N–H and O–H groups in total. The second-order valence-electron chi connectivity index (χ2n) is 8.40. The summed E-state index contributed by atoms with van der Waals surface area (Å²) in [5.74, 6) is 2.53. The first-order chi connectivity index (χ1) is 14.8. The third-order valence-corrected chi connectivity index (χ3v) is 6.24. The van der Waals surface area contributed by atoms with E-state index in [1.165, 1.54) is 18.4 Å². The van der Waals surface area contributed by atoms with Crippen molar-refractivity contribution in [2.24, 2.45) is 10.9 Å². The Balaban J connectivity index is 0.00000272. The molecule has 2 aromatic rings. The van der Waals surface area contributed by atoms with E-state index in [2.05, 4.69) is 64.2 Å². The Hall–Kier alpha value is -1.80. The lowest BCUT2D eigenvalue weighted by molar-refractivity contribution is 0.0514. The fourth-order valence-electron chi connectivity index (χ4n) is 4.06. The van der Waals surface area contributed by atoms with Gasteiger partial charge in [-0.1, -0.05) is 48.5 Å². The Morgan fingerprint density at radius 2 is 1.74 bits per heavy atom. The van der Waals surface area contributed by atoms with Crippen LogP contribution in [0.3, 0.4) is 0 Å². The zero-order chi connectivity index (χ0) is 20.7. The van der Waals surface area contributed by atoms with Crippen molar-refractivity contribution in [3.05, 3.63) is 65.7 Å². The molecule has 6 heteroatoms. The van der Waals surface area contributed by atoms with Gasteiger partial charge in [-0.3, -0.25) is 4.99 Å². The van der Waals surface area contributed by atoms with Crippen molar-refractivity contribution in [2.75, 3.05) is 33.4 Å². The molecule has 168 valence electrons. The van der Waals surface area contributed by atoms with Crippen molar-refractivity contribution in [3.8, 4) is 5.75 Å². The van der Waals surface area contributed by atoms with Crippen LogP contribution >= 0.6 is 24.0 Å². The fraction of sp³-hybridized carbons (Fsp3) is 0.480. The van der Waals surface area contributed by atoms with E-state index in [1.54, 1.807) is 0 Å². The zero-order valence-electron chi connectivity index (χ0n) is 18.3. The molecule has 2 aromatic carbocycles. The third kappa shape index (κ3) is 6.59. The quantitative estimate of drug-likeness (QED) is 0.297. The number of guanidine groups is 1. The van der Waals surface area contributed by atoms with Gasteiger partial charge in [-0.25, -0.2) is 0 Å². The van der Waals surface area contributed by atoms with Gasteiger partial charge < -0.3 is 20.1 Å². The topological polar surface area (TPSA) is 54.9 Å². The van der Waals surface area contributed by atoms with Crippen LogP contribution in [0.1, 0.15) is 36.8 Å². The van der Waals surface area contributed by atoms with Crippen molar-refractivity contribution in [1.82, 2.24) is 10.6 Å². The Morgan fingerprint density at radius 3 is 2.45 bits per heavy atom. The lowest BCUT2D eigenvalue weighted by Crippen LogP contribution is -2.47. The Morgan fingerprint density at radius 1 is 1.03 bits per heavy atom. The third-order valence-electron chi connectivity index (χ3n) is 6.24. The average molecular weight is 535 g/mol. The summed E-state index contributed by atoms with van der Waals surface area (Å²) in [7, 11) is 1.82. The highest BCUT2D eigenvalue weighted by atomic mass is 127. The largest absolute Gasteiger partial charge is 0.493 e. The van der Waals surface area contributed by atoms with E-state index in [-0.39, 0.29) is 29.4 Å². The summed E-state index contributed by atoms with van der Waals surface area (Å²) in [4.78, 5) is 4.45. The van der Waals surface area contributed by atoms with Crippen LogP contribution in [-0.2, 0) is 16.7 Å². The summed E-state index contributed by atoms with van der Waals surface area (Å²) >= 11 is 0. The van der Waals surface area contributed by atoms with Crippen molar-refractivity contribution < 1.29 is 9.47 Å². The number of nitrogens with one attached hydrogen (secondary N) is 2. The number of benzene rings is 2. The van der Waals surface area contributed by atoms with Crippen molar-refractivity contribution in [2.45, 2.75) is 37.6 Å². The maximum atomic E-state index is 6.04. The summed E-state index contributed by atoms with van der Waals surface area (Å²) < 4.78 is 11.7. The highest BCUT2D eigenvalue weighted by Gasteiger charge is 2.34. The van der Waals surface area contributed by atoms with Crippen LogP contribution in [-0.4, -0.2) is 39.4 Å².